The Morgan fingerprint density at radius 3 is 2.33 bits per heavy atom. The highest BCUT2D eigenvalue weighted by molar-refractivity contribution is 9.10. The largest absolute Gasteiger partial charge is 0.206 e. The van der Waals surface area contributed by atoms with Gasteiger partial charge in [0.2, 0.25) is 0 Å². The Labute approximate surface area is 96.9 Å². The molecule has 0 unspecified atom stereocenters. The average molecular weight is 265 g/mol. The Morgan fingerprint density at radius 1 is 0.933 bits per heavy atom. The lowest BCUT2D eigenvalue weighted by atomic mass is 10.1. The molecule has 0 N–H and O–H groups in total. The quantitative estimate of drug-likeness (QED) is 0.764. The second kappa shape index (κ2) is 4.58. The maximum Gasteiger partial charge on any atom is 0.137 e. The van der Waals surface area contributed by atoms with Crippen molar-refractivity contribution >= 4 is 15.9 Å². The van der Waals surface area contributed by atoms with Crippen molar-refractivity contribution in [3.63, 3.8) is 0 Å². The third kappa shape index (κ3) is 2.66. The van der Waals surface area contributed by atoms with Gasteiger partial charge in [0.05, 0.1) is 4.47 Å². The van der Waals surface area contributed by atoms with E-state index in [1.807, 2.05) is 30.3 Å². The molecule has 0 aliphatic carbocycles. The molecule has 0 aromatic heterocycles. The summed E-state index contributed by atoms with van der Waals surface area (Å²) in [7, 11) is 0. The molecule has 15 heavy (non-hydrogen) atoms. The lowest BCUT2D eigenvalue weighted by Gasteiger charge is -2.02. The molecule has 0 spiro atoms. The van der Waals surface area contributed by atoms with Gasteiger partial charge in [-0.05, 0) is 45.6 Å². The summed E-state index contributed by atoms with van der Waals surface area (Å²) >= 11 is 3.18. The van der Waals surface area contributed by atoms with Gasteiger partial charge >= 0.3 is 0 Å². The Kier molecular flexibility index (Phi) is 3.17. The molecule has 2 rings (SSSR count). The Balaban J connectivity index is 2.22. The topological polar surface area (TPSA) is 0 Å². The van der Waals surface area contributed by atoms with E-state index >= 15 is 0 Å². The molecule has 0 saturated carbocycles. The smallest absolute Gasteiger partial charge is 0.137 e. The summed E-state index contributed by atoms with van der Waals surface area (Å²) in [4.78, 5) is 0. The summed E-state index contributed by atoms with van der Waals surface area (Å²) in [6, 6.07) is 15.3. The van der Waals surface area contributed by atoms with Crippen molar-refractivity contribution in [1.29, 1.82) is 0 Å². The monoisotopic (exact) mass is 264 g/mol. The van der Waals surface area contributed by atoms with E-state index in [1.165, 1.54) is 11.6 Å². The summed E-state index contributed by atoms with van der Waals surface area (Å²) in [5.74, 6) is -0.216. The summed E-state index contributed by atoms with van der Waals surface area (Å²) in [6.07, 6.45) is 0.833. The van der Waals surface area contributed by atoms with Gasteiger partial charge in [-0.15, -0.1) is 0 Å². The highest BCUT2D eigenvalue weighted by Crippen LogP contribution is 2.18. The Hall–Kier alpha value is -1.15. The fourth-order valence-electron chi connectivity index (χ4n) is 1.48. The van der Waals surface area contributed by atoms with Crippen LogP contribution in [0.4, 0.5) is 4.39 Å². The van der Waals surface area contributed by atoms with Gasteiger partial charge in [0.15, 0.2) is 0 Å². The average Bonchev–Trinajstić information content (AvgIpc) is 2.25. The third-order valence-electron chi connectivity index (χ3n) is 2.24. The van der Waals surface area contributed by atoms with Gasteiger partial charge in [0, 0.05) is 0 Å². The standard InChI is InChI=1S/C13H10BrF/c14-12-9-11(6-7-13(12)15)8-10-4-2-1-3-5-10/h1-7,9H,8H2. The van der Waals surface area contributed by atoms with Crippen LogP contribution in [0.25, 0.3) is 0 Å². The zero-order valence-corrected chi connectivity index (χ0v) is 9.67. The highest BCUT2D eigenvalue weighted by Gasteiger charge is 2.01. The Bertz CT molecular complexity index is 451. The van der Waals surface area contributed by atoms with Crippen LogP contribution in [0.15, 0.2) is 53.0 Å². The summed E-state index contributed by atoms with van der Waals surface area (Å²) in [5, 5.41) is 0. The SMILES string of the molecule is Fc1ccc(Cc2ccccc2)cc1Br. The van der Waals surface area contributed by atoms with Crippen LogP contribution < -0.4 is 0 Å². The predicted molar refractivity (Wildman–Crippen MR) is 63.3 cm³/mol. The lowest BCUT2D eigenvalue weighted by molar-refractivity contribution is 0.620. The highest BCUT2D eigenvalue weighted by atomic mass is 79.9. The van der Waals surface area contributed by atoms with E-state index in [0.717, 1.165) is 12.0 Å². The van der Waals surface area contributed by atoms with E-state index in [4.69, 9.17) is 0 Å². The first-order valence-corrected chi connectivity index (χ1v) is 5.53. The molecule has 0 radical (unpaired) electrons. The van der Waals surface area contributed by atoms with Gasteiger partial charge in [-0.1, -0.05) is 36.4 Å². The lowest BCUT2D eigenvalue weighted by Crippen LogP contribution is -1.88. The molecule has 2 heteroatoms. The van der Waals surface area contributed by atoms with Crippen LogP contribution in [0.3, 0.4) is 0 Å². The zero-order valence-electron chi connectivity index (χ0n) is 8.08. The molecule has 76 valence electrons. The van der Waals surface area contributed by atoms with E-state index in [2.05, 4.69) is 28.1 Å². The first kappa shape index (κ1) is 10.4. The number of hydrogen-bond acceptors (Lipinski definition) is 0. The van der Waals surface area contributed by atoms with Crippen molar-refractivity contribution in [2.45, 2.75) is 6.42 Å². The molecular formula is C13H10BrF. The first-order valence-electron chi connectivity index (χ1n) is 4.73. The molecule has 0 fully saturated rings. The van der Waals surface area contributed by atoms with Crippen molar-refractivity contribution < 1.29 is 4.39 Å². The van der Waals surface area contributed by atoms with Crippen molar-refractivity contribution in [2.24, 2.45) is 0 Å². The zero-order chi connectivity index (χ0) is 10.7. The second-order valence-corrected chi connectivity index (χ2v) is 4.27. The second-order valence-electron chi connectivity index (χ2n) is 3.41. The van der Waals surface area contributed by atoms with E-state index in [1.54, 1.807) is 0 Å². The van der Waals surface area contributed by atoms with Crippen LogP contribution in [0.2, 0.25) is 0 Å². The van der Waals surface area contributed by atoms with Crippen LogP contribution in [0.1, 0.15) is 11.1 Å². The molecule has 0 aliphatic rings. The van der Waals surface area contributed by atoms with E-state index in [0.29, 0.717) is 4.47 Å². The van der Waals surface area contributed by atoms with E-state index in [-0.39, 0.29) is 5.82 Å². The minimum Gasteiger partial charge on any atom is -0.206 e. The Morgan fingerprint density at radius 2 is 1.67 bits per heavy atom. The maximum atomic E-state index is 13.0. The van der Waals surface area contributed by atoms with Crippen LogP contribution in [0.5, 0.6) is 0 Å². The molecule has 2 aromatic rings. The molecule has 0 saturated heterocycles. The van der Waals surface area contributed by atoms with Crippen LogP contribution in [-0.2, 0) is 6.42 Å². The van der Waals surface area contributed by atoms with Crippen molar-refractivity contribution in [3.05, 3.63) is 69.9 Å². The van der Waals surface area contributed by atoms with Crippen LogP contribution in [0, 0.1) is 5.82 Å². The van der Waals surface area contributed by atoms with Crippen LogP contribution >= 0.6 is 15.9 Å². The van der Waals surface area contributed by atoms with Crippen molar-refractivity contribution in [2.75, 3.05) is 0 Å². The van der Waals surface area contributed by atoms with Crippen molar-refractivity contribution in [1.82, 2.24) is 0 Å². The van der Waals surface area contributed by atoms with E-state index in [9.17, 15) is 4.39 Å². The van der Waals surface area contributed by atoms with Crippen LogP contribution in [-0.4, -0.2) is 0 Å². The molecule has 0 heterocycles. The van der Waals surface area contributed by atoms with Gasteiger partial charge in [-0.25, -0.2) is 4.39 Å². The maximum absolute atomic E-state index is 13.0. The molecule has 0 aliphatic heterocycles. The predicted octanol–water partition coefficient (Wildman–Crippen LogP) is 4.18. The van der Waals surface area contributed by atoms with Crippen molar-refractivity contribution in [3.8, 4) is 0 Å². The van der Waals surface area contributed by atoms with E-state index < -0.39 is 0 Å². The third-order valence-corrected chi connectivity index (χ3v) is 2.84. The molecule has 0 atom stereocenters. The molecule has 0 nitrogen and oxygen atoms in total. The summed E-state index contributed by atoms with van der Waals surface area (Å²) in [6.45, 7) is 0. The number of rotatable bonds is 2. The molecular weight excluding hydrogens is 255 g/mol. The molecule has 0 amide bonds. The minimum absolute atomic E-state index is 0.216. The fraction of sp³-hybridized carbons (Fsp3) is 0.0769. The number of hydrogen-bond donors (Lipinski definition) is 0. The normalized spacial score (nSPS) is 10.3. The van der Waals surface area contributed by atoms with Gasteiger partial charge in [0.25, 0.3) is 0 Å². The number of benzene rings is 2. The van der Waals surface area contributed by atoms with Gasteiger partial charge < -0.3 is 0 Å². The number of halogens is 2. The minimum atomic E-state index is -0.216. The summed E-state index contributed by atoms with van der Waals surface area (Å²) < 4.78 is 13.5. The van der Waals surface area contributed by atoms with Gasteiger partial charge in [-0.2, -0.15) is 0 Å². The molecule has 0 bridgehead atoms. The first-order chi connectivity index (χ1) is 7.25. The molecule has 2 aromatic carbocycles. The van der Waals surface area contributed by atoms with Gasteiger partial charge in [-0.3, -0.25) is 0 Å². The fourth-order valence-corrected chi connectivity index (χ4v) is 1.91. The summed E-state index contributed by atoms with van der Waals surface area (Å²) in [5.41, 5.74) is 2.34. The van der Waals surface area contributed by atoms with Gasteiger partial charge in [0.1, 0.15) is 5.82 Å².